The molecule has 3 aromatic carbocycles. The minimum atomic E-state index is -0.355. The average Bonchev–Trinajstić information content (AvgIpc) is 2.81. The molecule has 0 aromatic heterocycles. The fourth-order valence-corrected chi connectivity index (χ4v) is 4.01. The molecule has 1 heterocycles. The lowest BCUT2D eigenvalue weighted by atomic mass is 10.0. The van der Waals surface area contributed by atoms with Crippen LogP contribution in [0.5, 0.6) is 0 Å². The van der Waals surface area contributed by atoms with Gasteiger partial charge in [0.1, 0.15) is 0 Å². The van der Waals surface area contributed by atoms with E-state index in [1.807, 2.05) is 60.7 Å². The molecule has 1 aliphatic heterocycles. The van der Waals surface area contributed by atoms with Gasteiger partial charge in [0.25, 0.3) is 0 Å². The summed E-state index contributed by atoms with van der Waals surface area (Å²) in [4.78, 5) is 14.7. The molecule has 1 saturated heterocycles. The van der Waals surface area contributed by atoms with Gasteiger partial charge >= 0.3 is 5.91 Å². The third kappa shape index (κ3) is 5.98. The van der Waals surface area contributed by atoms with Gasteiger partial charge in [-0.1, -0.05) is 72.5 Å². The molecule has 1 fully saturated rings. The predicted molar refractivity (Wildman–Crippen MR) is 128 cm³/mol. The third-order valence-electron chi connectivity index (χ3n) is 5.45. The monoisotopic (exact) mass is 428 g/mol. The fourth-order valence-electron chi connectivity index (χ4n) is 3.78. The number of hydrogen-bond acceptors (Lipinski definition) is 2. The predicted octanol–water partition coefficient (Wildman–Crippen LogP) is 5.98. The van der Waals surface area contributed by atoms with Crippen molar-refractivity contribution in [2.45, 2.75) is 25.8 Å². The molecular weight excluding hydrogens is 404 g/mol. The number of benzene rings is 3. The molecule has 1 N–H and O–H groups in total. The lowest BCUT2D eigenvalue weighted by molar-refractivity contribution is -0.111. The second kappa shape index (κ2) is 10.3. The first-order valence-electron chi connectivity index (χ1n) is 10.7. The van der Waals surface area contributed by atoms with E-state index >= 15 is 0 Å². The number of rotatable bonds is 4. The maximum absolute atomic E-state index is 12.3. The standard InChI is InChI=1S/C27H25ClN2O/c28-26-19-24(22-7-3-1-4-8-22)12-11-23(26)13-16-27(31)29-25-14-9-21(10-15-25)20-30-17-5-2-6-18-30/h1,3-4,7-12,14-15,19H,2,5-6,17-18,20H2,(H,29,31). The molecule has 3 aromatic rings. The van der Waals surface area contributed by atoms with E-state index in [-0.39, 0.29) is 5.91 Å². The maximum Gasteiger partial charge on any atom is 0.300 e. The van der Waals surface area contributed by atoms with Crippen molar-refractivity contribution in [3.05, 3.63) is 88.9 Å². The molecule has 0 radical (unpaired) electrons. The highest BCUT2D eigenvalue weighted by Crippen LogP contribution is 2.25. The molecule has 4 heteroatoms. The lowest BCUT2D eigenvalue weighted by Gasteiger charge is -2.26. The highest BCUT2D eigenvalue weighted by atomic mass is 35.5. The van der Waals surface area contributed by atoms with Crippen LogP contribution < -0.4 is 5.32 Å². The van der Waals surface area contributed by atoms with Crippen LogP contribution in [0.15, 0.2) is 72.8 Å². The molecular formula is C27H25ClN2O. The Morgan fingerprint density at radius 2 is 1.65 bits per heavy atom. The molecule has 0 atom stereocenters. The number of amides is 1. The van der Waals surface area contributed by atoms with Crippen molar-refractivity contribution in [3.63, 3.8) is 0 Å². The number of hydrogen-bond donors (Lipinski definition) is 1. The number of nitrogens with zero attached hydrogens (tertiary/aromatic N) is 1. The van der Waals surface area contributed by atoms with Crippen LogP contribution >= 0.6 is 11.6 Å². The van der Waals surface area contributed by atoms with Crippen molar-refractivity contribution in [1.82, 2.24) is 4.90 Å². The van der Waals surface area contributed by atoms with Crippen molar-refractivity contribution in [2.24, 2.45) is 0 Å². The van der Waals surface area contributed by atoms with Crippen LogP contribution in [0.4, 0.5) is 5.69 Å². The van der Waals surface area contributed by atoms with Crippen LogP contribution in [0, 0.1) is 11.8 Å². The minimum Gasteiger partial charge on any atom is -0.315 e. The first-order valence-corrected chi connectivity index (χ1v) is 11.0. The van der Waals surface area contributed by atoms with Gasteiger partial charge in [0, 0.05) is 23.7 Å². The zero-order valence-electron chi connectivity index (χ0n) is 17.4. The van der Waals surface area contributed by atoms with Gasteiger partial charge in [-0.25, -0.2) is 0 Å². The van der Waals surface area contributed by atoms with Crippen molar-refractivity contribution in [1.29, 1.82) is 0 Å². The summed E-state index contributed by atoms with van der Waals surface area (Å²) in [5, 5.41) is 3.36. The Kier molecular flexibility index (Phi) is 7.04. The van der Waals surface area contributed by atoms with Crippen LogP contribution in [0.2, 0.25) is 5.02 Å². The van der Waals surface area contributed by atoms with E-state index in [9.17, 15) is 4.79 Å². The van der Waals surface area contributed by atoms with E-state index in [1.165, 1.54) is 37.9 Å². The Hall–Kier alpha value is -3.06. The summed E-state index contributed by atoms with van der Waals surface area (Å²) in [6, 6.07) is 23.7. The van der Waals surface area contributed by atoms with Crippen LogP contribution in [0.1, 0.15) is 30.4 Å². The van der Waals surface area contributed by atoms with E-state index in [1.54, 1.807) is 0 Å². The summed E-state index contributed by atoms with van der Waals surface area (Å²) in [5.74, 6) is 5.16. The first-order chi connectivity index (χ1) is 15.2. The van der Waals surface area contributed by atoms with E-state index in [0.29, 0.717) is 10.6 Å². The average molecular weight is 429 g/mol. The van der Waals surface area contributed by atoms with Crippen LogP contribution in [-0.4, -0.2) is 23.9 Å². The molecule has 4 rings (SSSR count). The summed E-state index contributed by atoms with van der Waals surface area (Å²) in [6.45, 7) is 3.30. The van der Waals surface area contributed by atoms with Crippen molar-refractivity contribution in [2.75, 3.05) is 18.4 Å². The number of nitrogens with one attached hydrogen (secondary N) is 1. The highest BCUT2D eigenvalue weighted by Gasteiger charge is 2.10. The second-order valence-electron chi connectivity index (χ2n) is 7.80. The van der Waals surface area contributed by atoms with Crippen LogP contribution in [-0.2, 0) is 11.3 Å². The normalized spacial score (nSPS) is 13.8. The zero-order valence-corrected chi connectivity index (χ0v) is 18.2. The Balaban J connectivity index is 1.36. The lowest BCUT2D eigenvalue weighted by Crippen LogP contribution is -2.29. The minimum absolute atomic E-state index is 0.355. The van der Waals surface area contributed by atoms with Crippen LogP contribution in [0.25, 0.3) is 11.1 Å². The summed E-state index contributed by atoms with van der Waals surface area (Å²) in [7, 11) is 0. The second-order valence-corrected chi connectivity index (χ2v) is 8.21. The SMILES string of the molecule is O=C(C#Cc1ccc(-c2ccccc2)cc1Cl)Nc1ccc(CN2CCCCC2)cc1. The molecule has 0 unspecified atom stereocenters. The smallest absolute Gasteiger partial charge is 0.300 e. The number of piperidine rings is 1. The molecule has 1 amide bonds. The number of carbonyl (C=O) groups is 1. The molecule has 1 aliphatic rings. The summed E-state index contributed by atoms with van der Waals surface area (Å²) >= 11 is 6.38. The largest absolute Gasteiger partial charge is 0.315 e. The number of carbonyl (C=O) groups excluding carboxylic acids is 1. The van der Waals surface area contributed by atoms with Crippen LogP contribution in [0.3, 0.4) is 0 Å². The van der Waals surface area contributed by atoms with Crippen molar-refractivity contribution in [3.8, 4) is 23.0 Å². The topological polar surface area (TPSA) is 32.3 Å². The first kappa shape index (κ1) is 21.2. The molecule has 3 nitrogen and oxygen atoms in total. The van der Waals surface area contributed by atoms with Gasteiger partial charge < -0.3 is 5.32 Å². The molecule has 156 valence electrons. The molecule has 0 spiro atoms. The quantitative estimate of drug-likeness (QED) is 0.518. The van der Waals surface area contributed by atoms with Crippen molar-refractivity contribution < 1.29 is 4.79 Å². The zero-order chi connectivity index (χ0) is 21.5. The summed E-state index contributed by atoms with van der Waals surface area (Å²) in [6.07, 6.45) is 3.91. The summed E-state index contributed by atoms with van der Waals surface area (Å²) < 4.78 is 0. The number of halogens is 1. The van der Waals surface area contributed by atoms with Gasteiger partial charge in [-0.3, -0.25) is 9.69 Å². The van der Waals surface area contributed by atoms with Gasteiger partial charge in [-0.15, -0.1) is 0 Å². The number of anilines is 1. The molecule has 0 aliphatic carbocycles. The number of likely N-dealkylation sites (tertiary alicyclic amines) is 1. The van der Waals surface area contributed by atoms with Gasteiger partial charge in [0.05, 0.1) is 5.02 Å². The Morgan fingerprint density at radius 1 is 0.903 bits per heavy atom. The Labute approximate surface area is 189 Å². The van der Waals surface area contributed by atoms with E-state index in [2.05, 4.69) is 34.2 Å². The van der Waals surface area contributed by atoms with E-state index in [4.69, 9.17) is 11.6 Å². The molecule has 0 bridgehead atoms. The van der Waals surface area contributed by atoms with Gasteiger partial charge in [-0.05, 0) is 66.9 Å². The maximum atomic E-state index is 12.3. The van der Waals surface area contributed by atoms with Gasteiger partial charge in [-0.2, -0.15) is 0 Å². The van der Waals surface area contributed by atoms with Gasteiger partial charge in [0.2, 0.25) is 0 Å². The Bertz CT molecular complexity index is 1090. The molecule has 31 heavy (non-hydrogen) atoms. The van der Waals surface area contributed by atoms with E-state index < -0.39 is 0 Å². The van der Waals surface area contributed by atoms with E-state index in [0.717, 1.165) is 23.4 Å². The van der Waals surface area contributed by atoms with Crippen molar-refractivity contribution >= 4 is 23.2 Å². The summed E-state index contributed by atoms with van der Waals surface area (Å²) in [5.41, 5.74) is 4.74. The fraction of sp³-hybridized carbons (Fsp3) is 0.222. The third-order valence-corrected chi connectivity index (χ3v) is 5.77. The van der Waals surface area contributed by atoms with Gasteiger partial charge in [0.15, 0.2) is 0 Å². The Morgan fingerprint density at radius 3 is 2.35 bits per heavy atom. The highest BCUT2D eigenvalue weighted by molar-refractivity contribution is 6.32. The molecule has 0 saturated carbocycles.